The van der Waals surface area contributed by atoms with E-state index in [-0.39, 0.29) is 11.7 Å². The number of amides is 1. The van der Waals surface area contributed by atoms with Crippen molar-refractivity contribution in [2.24, 2.45) is 7.05 Å². The molecule has 0 aliphatic heterocycles. The van der Waals surface area contributed by atoms with Crippen LogP contribution in [-0.4, -0.2) is 20.7 Å². The number of thiazole rings is 1. The minimum Gasteiger partial charge on any atom is -0.323 e. The number of aromatic nitrogens is 3. The summed E-state index contributed by atoms with van der Waals surface area (Å²) in [5.74, 6) is -0.534. The Morgan fingerprint density at radius 3 is 2.50 bits per heavy atom. The third-order valence-electron chi connectivity index (χ3n) is 5.15. The fraction of sp³-hybridized carbons (Fsp3) is 0.160. The first-order valence-electron chi connectivity index (χ1n) is 10.2. The molecule has 0 spiro atoms. The summed E-state index contributed by atoms with van der Waals surface area (Å²) in [6.45, 7) is 4.10. The maximum atomic E-state index is 13.2. The van der Waals surface area contributed by atoms with Crippen molar-refractivity contribution in [2.75, 3.05) is 5.32 Å². The van der Waals surface area contributed by atoms with Crippen LogP contribution in [0.15, 0.2) is 60.8 Å². The molecule has 4 aromatic rings. The molecule has 0 aliphatic carbocycles. The largest absolute Gasteiger partial charge is 0.323 e. The van der Waals surface area contributed by atoms with E-state index in [1.54, 1.807) is 40.4 Å². The lowest BCUT2D eigenvalue weighted by Crippen LogP contribution is -2.07. The monoisotopic (exact) mass is 446 g/mol. The van der Waals surface area contributed by atoms with Crippen LogP contribution in [0.4, 0.5) is 10.1 Å². The molecule has 162 valence electrons. The quantitative estimate of drug-likeness (QED) is 0.396. The molecule has 0 unspecified atom stereocenters. The van der Waals surface area contributed by atoms with Gasteiger partial charge in [-0.25, -0.2) is 9.37 Å². The highest BCUT2D eigenvalue weighted by Gasteiger charge is 2.10. The first kappa shape index (κ1) is 21.6. The molecule has 2 heterocycles. The predicted molar refractivity (Wildman–Crippen MR) is 127 cm³/mol. The van der Waals surface area contributed by atoms with Gasteiger partial charge in [-0.05, 0) is 61.9 Å². The smallest absolute Gasteiger partial charge is 0.248 e. The topological polar surface area (TPSA) is 59.8 Å². The Kier molecular flexibility index (Phi) is 6.28. The Morgan fingerprint density at radius 1 is 1.12 bits per heavy atom. The molecule has 0 radical (unpaired) electrons. The van der Waals surface area contributed by atoms with Gasteiger partial charge in [-0.15, -0.1) is 11.3 Å². The number of nitrogens with one attached hydrogen (secondary N) is 1. The van der Waals surface area contributed by atoms with Crippen LogP contribution in [0, 0.1) is 19.7 Å². The molecule has 0 aliphatic rings. The predicted octanol–water partition coefficient (Wildman–Crippen LogP) is 5.54. The zero-order valence-electron chi connectivity index (χ0n) is 18.1. The maximum Gasteiger partial charge on any atom is 0.248 e. The van der Waals surface area contributed by atoms with Crippen molar-refractivity contribution in [3.8, 4) is 11.3 Å². The molecule has 32 heavy (non-hydrogen) atoms. The number of rotatable bonds is 6. The van der Waals surface area contributed by atoms with E-state index in [1.165, 1.54) is 23.1 Å². The Labute approximate surface area is 190 Å². The van der Waals surface area contributed by atoms with Gasteiger partial charge in [0.05, 0.1) is 22.6 Å². The van der Waals surface area contributed by atoms with Crippen molar-refractivity contribution >= 4 is 29.0 Å². The van der Waals surface area contributed by atoms with Gasteiger partial charge in [0, 0.05) is 41.2 Å². The summed E-state index contributed by atoms with van der Waals surface area (Å²) < 4.78 is 15.0. The number of hydrogen-bond donors (Lipinski definition) is 1. The normalized spacial score (nSPS) is 11.2. The van der Waals surface area contributed by atoms with Crippen molar-refractivity contribution in [1.82, 2.24) is 14.8 Å². The van der Waals surface area contributed by atoms with Gasteiger partial charge in [0.25, 0.3) is 0 Å². The number of benzene rings is 2. The van der Waals surface area contributed by atoms with Gasteiger partial charge >= 0.3 is 0 Å². The summed E-state index contributed by atoms with van der Waals surface area (Å²) in [4.78, 5) is 18.2. The van der Waals surface area contributed by atoms with Crippen LogP contribution in [0.25, 0.3) is 17.3 Å². The average Bonchev–Trinajstić information content (AvgIpc) is 3.29. The minimum atomic E-state index is -0.296. The van der Waals surface area contributed by atoms with Gasteiger partial charge in [0.1, 0.15) is 5.82 Å². The molecule has 1 amide bonds. The van der Waals surface area contributed by atoms with E-state index in [0.29, 0.717) is 0 Å². The molecule has 0 fully saturated rings. The number of hydrogen-bond acceptors (Lipinski definition) is 4. The zero-order chi connectivity index (χ0) is 22.7. The van der Waals surface area contributed by atoms with Crippen LogP contribution in [0.3, 0.4) is 0 Å². The summed E-state index contributed by atoms with van der Waals surface area (Å²) in [7, 11) is 1.81. The van der Waals surface area contributed by atoms with Gasteiger partial charge in [0.15, 0.2) is 0 Å². The SMILES string of the molecule is Cc1nc(Cc2ccc(NC(=O)C=Cc3cnn(C)c3-c3ccc(F)cc3)cc2)sc1C. The molecule has 4 rings (SSSR count). The second-order valence-electron chi connectivity index (χ2n) is 7.52. The Bertz CT molecular complexity index is 1250. The number of carbonyl (C=O) groups is 1. The highest BCUT2D eigenvalue weighted by Crippen LogP contribution is 2.25. The average molecular weight is 447 g/mol. The number of aryl methyl sites for hydroxylation is 3. The minimum absolute atomic E-state index is 0.238. The van der Waals surface area contributed by atoms with E-state index in [9.17, 15) is 9.18 Å². The Balaban J connectivity index is 1.41. The van der Waals surface area contributed by atoms with Crippen LogP contribution in [0.1, 0.15) is 26.7 Å². The zero-order valence-corrected chi connectivity index (χ0v) is 18.9. The molecule has 7 heteroatoms. The highest BCUT2D eigenvalue weighted by atomic mass is 32.1. The van der Waals surface area contributed by atoms with E-state index in [4.69, 9.17) is 0 Å². The molecule has 2 aromatic heterocycles. The van der Waals surface area contributed by atoms with Crippen LogP contribution >= 0.6 is 11.3 Å². The summed E-state index contributed by atoms with van der Waals surface area (Å²) in [5, 5.41) is 8.23. The summed E-state index contributed by atoms with van der Waals surface area (Å²) in [6.07, 6.45) is 5.64. The van der Waals surface area contributed by atoms with Gasteiger partial charge < -0.3 is 5.32 Å². The van der Waals surface area contributed by atoms with Crippen molar-refractivity contribution in [2.45, 2.75) is 20.3 Å². The lowest BCUT2D eigenvalue weighted by atomic mass is 10.1. The maximum absolute atomic E-state index is 13.2. The molecule has 0 saturated heterocycles. The highest BCUT2D eigenvalue weighted by molar-refractivity contribution is 7.11. The number of halogens is 1. The van der Waals surface area contributed by atoms with Crippen molar-refractivity contribution in [1.29, 1.82) is 0 Å². The van der Waals surface area contributed by atoms with Crippen LogP contribution in [0.2, 0.25) is 0 Å². The third kappa shape index (κ3) is 5.00. The van der Waals surface area contributed by atoms with Gasteiger partial charge in [-0.3, -0.25) is 9.48 Å². The van der Waals surface area contributed by atoms with Gasteiger partial charge in [-0.1, -0.05) is 12.1 Å². The van der Waals surface area contributed by atoms with Gasteiger partial charge in [0.2, 0.25) is 5.91 Å². The fourth-order valence-electron chi connectivity index (χ4n) is 3.38. The number of anilines is 1. The van der Waals surface area contributed by atoms with Crippen LogP contribution in [-0.2, 0) is 18.3 Å². The van der Waals surface area contributed by atoms with Crippen LogP contribution < -0.4 is 5.32 Å². The molecule has 0 atom stereocenters. The lowest BCUT2D eigenvalue weighted by Gasteiger charge is -2.05. The first-order chi connectivity index (χ1) is 15.4. The second-order valence-corrected chi connectivity index (χ2v) is 8.81. The van der Waals surface area contributed by atoms with Gasteiger partial charge in [-0.2, -0.15) is 5.10 Å². The van der Waals surface area contributed by atoms with Crippen molar-refractivity contribution < 1.29 is 9.18 Å². The Morgan fingerprint density at radius 2 is 1.84 bits per heavy atom. The summed E-state index contributed by atoms with van der Waals surface area (Å²) >= 11 is 1.72. The van der Waals surface area contributed by atoms with E-state index < -0.39 is 0 Å². The van der Waals surface area contributed by atoms with E-state index in [2.05, 4.69) is 22.3 Å². The Hall–Kier alpha value is -3.58. The summed E-state index contributed by atoms with van der Waals surface area (Å²) in [6, 6.07) is 14.0. The second kappa shape index (κ2) is 9.28. The molecule has 0 bridgehead atoms. The molecule has 0 saturated carbocycles. The molecule has 2 aromatic carbocycles. The number of nitrogens with zero attached hydrogens (tertiary/aromatic N) is 3. The fourth-order valence-corrected chi connectivity index (χ4v) is 4.35. The van der Waals surface area contributed by atoms with E-state index in [1.807, 2.05) is 38.2 Å². The standard InChI is InChI=1S/C25H23FN4OS/c1-16-17(2)32-24(28-16)14-18-4-11-22(12-5-18)29-23(31)13-8-20-15-27-30(3)25(20)19-6-9-21(26)10-7-19/h4-13,15H,14H2,1-3H3,(H,29,31). The van der Waals surface area contributed by atoms with E-state index >= 15 is 0 Å². The van der Waals surface area contributed by atoms with Crippen LogP contribution in [0.5, 0.6) is 0 Å². The summed E-state index contributed by atoms with van der Waals surface area (Å²) in [5.41, 5.74) is 5.36. The molecule has 1 N–H and O–H groups in total. The van der Waals surface area contributed by atoms with E-state index in [0.717, 1.165) is 45.2 Å². The molecular formula is C25H23FN4OS. The first-order valence-corrected chi connectivity index (χ1v) is 11.0. The van der Waals surface area contributed by atoms with Crippen molar-refractivity contribution in [3.63, 3.8) is 0 Å². The number of carbonyl (C=O) groups excluding carboxylic acids is 1. The van der Waals surface area contributed by atoms with Crippen molar-refractivity contribution in [3.05, 3.63) is 93.3 Å². The third-order valence-corrected chi connectivity index (χ3v) is 6.22. The molecule has 5 nitrogen and oxygen atoms in total. The molecular weight excluding hydrogens is 423 g/mol. The lowest BCUT2D eigenvalue weighted by molar-refractivity contribution is -0.111.